The molecule has 1 aliphatic heterocycles. The average Bonchev–Trinajstić information content (AvgIpc) is 2.46. The molecule has 0 N–H and O–H groups in total. The molecule has 3 rings (SSSR count). The molecule has 2 aromatic rings. The van der Waals surface area contributed by atoms with E-state index in [9.17, 15) is 0 Å². The fourth-order valence-electron chi connectivity index (χ4n) is 2.14. The lowest BCUT2D eigenvalue weighted by atomic mass is 10.0. The molecule has 0 aliphatic carbocycles. The fourth-order valence-corrected chi connectivity index (χ4v) is 2.14. The van der Waals surface area contributed by atoms with Gasteiger partial charge in [0.2, 0.25) is 0 Å². The Morgan fingerprint density at radius 2 is 1.95 bits per heavy atom. The molecule has 0 unspecified atom stereocenters. The van der Waals surface area contributed by atoms with Gasteiger partial charge in [0.25, 0.3) is 0 Å². The molecule has 96 valence electrons. The van der Waals surface area contributed by atoms with Gasteiger partial charge in [0.15, 0.2) is 0 Å². The minimum Gasteiger partial charge on any atom is -0.489 e. The van der Waals surface area contributed by atoms with Crippen molar-refractivity contribution in [2.45, 2.75) is 13.5 Å². The highest BCUT2D eigenvalue weighted by Gasteiger charge is 2.11. The van der Waals surface area contributed by atoms with E-state index in [4.69, 9.17) is 9.47 Å². The van der Waals surface area contributed by atoms with Crippen LogP contribution in [0.2, 0.25) is 0 Å². The molecular formula is C17H16O2. The zero-order valence-corrected chi connectivity index (χ0v) is 10.9. The maximum Gasteiger partial charge on any atom is 0.130 e. The topological polar surface area (TPSA) is 18.5 Å². The number of hydrogen-bond donors (Lipinski definition) is 0. The number of allylic oxidation sites excluding steroid dienone is 1. The molecule has 0 aromatic heterocycles. The van der Waals surface area contributed by atoms with Crippen LogP contribution in [0.4, 0.5) is 0 Å². The normalized spacial score (nSPS) is 13.2. The van der Waals surface area contributed by atoms with Crippen molar-refractivity contribution in [3.05, 3.63) is 65.7 Å². The van der Waals surface area contributed by atoms with E-state index < -0.39 is 0 Å². The van der Waals surface area contributed by atoms with Crippen molar-refractivity contribution in [2.75, 3.05) is 6.61 Å². The Hall–Kier alpha value is -2.22. The van der Waals surface area contributed by atoms with Gasteiger partial charge in [-0.25, -0.2) is 0 Å². The molecule has 2 heteroatoms. The molecule has 2 nitrogen and oxygen atoms in total. The summed E-state index contributed by atoms with van der Waals surface area (Å²) in [5, 5.41) is 0. The summed E-state index contributed by atoms with van der Waals surface area (Å²) in [6.07, 6.45) is 2.09. The fraction of sp³-hybridized carbons (Fsp3) is 0.176. The van der Waals surface area contributed by atoms with Gasteiger partial charge in [0.1, 0.15) is 24.7 Å². The molecule has 0 radical (unpaired) electrons. The summed E-state index contributed by atoms with van der Waals surface area (Å²) in [6.45, 7) is 3.32. The predicted molar refractivity (Wildman–Crippen MR) is 76.4 cm³/mol. The van der Waals surface area contributed by atoms with Gasteiger partial charge in [-0.15, -0.1) is 0 Å². The van der Waals surface area contributed by atoms with Crippen LogP contribution in [-0.4, -0.2) is 6.61 Å². The Kier molecular flexibility index (Phi) is 3.23. The summed E-state index contributed by atoms with van der Waals surface area (Å²) >= 11 is 0. The van der Waals surface area contributed by atoms with Crippen LogP contribution in [0.1, 0.15) is 18.1 Å². The first-order chi connectivity index (χ1) is 9.33. The maximum atomic E-state index is 5.79. The van der Waals surface area contributed by atoms with Gasteiger partial charge >= 0.3 is 0 Å². The second-order valence-electron chi connectivity index (χ2n) is 4.63. The third-order valence-electron chi connectivity index (χ3n) is 3.25. The van der Waals surface area contributed by atoms with Gasteiger partial charge in [0, 0.05) is 11.6 Å². The van der Waals surface area contributed by atoms with Crippen molar-refractivity contribution >= 4 is 5.57 Å². The van der Waals surface area contributed by atoms with Gasteiger partial charge in [-0.2, -0.15) is 0 Å². The molecule has 0 bridgehead atoms. The van der Waals surface area contributed by atoms with E-state index in [2.05, 4.69) is 31.2 Å². The molecule has 0 saturated heterocycles. The van der Waals surface area contributed by atoms with Crippen LogP contribution in [0.5, 0.6) is 11.5 Å². The van der Waals surface area contributed by atoms with E-state index in [-0.39, 0.29) is 0 Å². The van der Waals surface area contributed by atoms with Crippen molar-refractivity contribution in [3.8, 4) is 11.5 Å². The number of ether oxygens (including phenoxy) is 2. The molecule has 19 heavy (non-hydrogen) atoms. The number of rotatable bonds is 3. The highest BCUT2D eigenvalue weighted by molar-refractivity contribution is 5.71. The van der Waals surface area contributed by atoms with Crippen LogP contribution in [0.3, 0.4) is 0 Å². The SMILES string of the molecule is CC1=CCOc2cc(OCc3ccccc3)ccc21. The molecule has 0 amide bonds. The predicted octanol–water partition coefficient (Wildman–Crippen LogP) is 4.06. The van der Waals surface area contributed by atoms with Crippen LogP contribution in [0.15, 0.2) is 54.6 Å². The highest BCUT2D eigenvalue weighted by atomic mass is 16.5. The van der Waals surface area contributed by atoms with Gasteiger partial charge in [0.05, 0.1) is 0 Å². The molecule has 1 heterocycles. The van der Waals surface area contributed by atoms with Gasteiger partial charge in [-0.3, -0.25) is 0 Å². The van der Waals surface area contributed by atoms with E-state index >= 15 is 0 Å². The molecular weight excluding hydrogens is 236 g/mol. The van der Waals surface area contributed by atoms with E-state index in [0.717, 1.165) is 22.6 Å². The van der Waals surface area contributed by atoms with Gasteiger partial charge < -0.3 is 9.47 Å². The lowest BCUT2D eigenvalue weighted by Crippen LogP contribution is -2.04. The quantitative estimate of drug-likeness (QED) is 0.820. The maximum absolute atomic E-state index is 5.79. The summed E-state index contributed by atoms with van der Waals surface area (Å²) in [4.78, 5) is 0. The monoisotopic (exact) mass is 252 g/mol. The summed E-state index contributed by atoms with van der Waals surface area (Å²) in [5.74, 6) is 1.75. The van der Waals surface area contributed by atoms with Crippen molar-refractivity contribution < 1.29 is 9.47 Å². The summed E-state index contributed by atoms with van der Waals surface area (Å²) in [7, 11) is 0. The first kappa shape index (κ1) is 11.8. The lowest BCUT2D eigenvalue weighted by Gasteiger charge is -2.17. The van der Waals surface area contributed by atoms with Crippen LogP contribution in [0.25, 0.3) is 5.57 Å². The van der Waals surface area contributed by atoms with Crippen LogP contribution in [-0.2, 0) is 6.61 Å². The van der Waals surface area contributed by atoms with E-state index in [1.165, 1.54) is 5.57 Å². The van der Waals surface area contributed by atoms with Gasteiger partial charge in [-0.1, -0.05) is 30.3 Å². The number of benzene rings is 2. The average molecular weight is 252 g/mol. The minimum absolute atomic E-state index is 0.578. The summed E-state index contributed by atoms with van der Waals surface area (Å²) in [5.41, 5.74) is 3.58. The Bertz CT molecular complexity index is 600. The highest BCUT2D eigenvalue weighted by Crippen LogP contribution is 2.32. The third-order valence-corrected chi connectivity index (χ3v) is 3.25. The zero-order valence-electron chi connectivity index (χ0n) is 10.9. The van der Waals surface area contributed by atoms with Crippen molar-refractivity contribution in [1.29, 1.82) is 0 Å². The Balaban J connectivity index is 1.75. The van der Waals surface area contributed by atoms with Gasteiger partial charge in [-0.05, 0) is 36.3 Å². The minimum atomic E-state index is 0.578. The first-order valence-electron chi connectivity index (χ1n) is 6.43. The second kappa shape index (κ2) is 5.19. The lowest BCUT2D eigenvalue weighted by molar-refractivity contribution is 0.301. The molecule has 0 saturated carbocycles. The van der Waals surface area contributed by atoms with Crippen LogP contribution >= 0.6 is 0 Å². The van der Waals surface area contributed by atoms with Crippen LogP contribution in [0, 0.1) is 0 Å². The summed E-state index contributed by atoms with van der Waals surface area (Å²) < 4.78 is 11.4. The standard InChI is InChI=1S/C17H16O2/c1-13-9-10-18-17-11-15(7-8-16(13)17)19-12-14-5-3-2-4-6-14/h2-9,11H,10,12H2,1H3. The summed E-state index contributed by atoms with van der Waals surface area (Å²) in [6, 6.07) is 16.2. The largest absolute Gasteiger partial charge is 0.489 e. The molecule has 1 aliphatic rings. The van der Waals surface area contributed by atoms with Crippen molar-refractivity contribution in [2.24, 2.45) is 0 Å². The first-order valence-corrected chi connectivity index (χ1v) is 6.43. The smallest absolute Gasteiger partial charge is 0.130 e. The Labute approximate surface area is 113 Å². The molecule has 0 fully saturated rings. The van der Waals surface area contributed by atoms with Crippen molar-refractivity contribution in [1.82, 2.24) is 0 Å². The molecule has 2 aromatic carbocycles. The van der Waals surface area contributed by atoms with E-state index in [1.54, 1.807) is 0 Å². The van der Waals surface area contributed by atoms with Crippen molar-refractivity contribution in [3.63, 3.8) is 0 Å². The number of fused-ring (bicyclic) bond motifs is 1. The second-order valence-corrected chi connectivity index (χ2v) is 4.63. The third kappa shape index (κ3) is 2.63. The van der Waals surface area contributed by atoms with E-state index in [1.807, 2.05) is 30.3 Å². The molecule has 0 spiro atoms. The Morgan fingerprint density at radius 3 is 2.79 bits per heavy atom. The Morgan fingerprint density at radius 1 is 1.11 bits per heavy atom. The zero-order chi connectivity index (χ0) is 13.1. The number of hydrogen-bond acceptors (Lipinski definition) is 2. The van der Waals surface area contributed by atoms with E-state index in [0.29, 0.717) is 13.2 Å². The molecule has 0 atom stereocenters. The van der Waals surface area contributed by atoms with Crippen LogP contribution < -0.4 is 9.47 Å².